The SMILES string of the molecule is O=C=Nc1ccc2c(c1)S(=O)(=O)CC2. The lowest BCUT2D eigenvalue weighted by Gasteiger charge is -1.97. The van der Waals surface area contributed by atoms with E-state index in [-0.39, 0.29) is 5.75 Å². The van der Waals surface area contributed by atoms with Crippen LogP contribution in [-0.2, 0) is 21.1 Å². The molecule has 72 valence electrons. The second kappa shape index (κ2) is 3.04. The number of aliphatic imine (C=N–C) groups is 1. The molecule has 0 N–H and O–H groups in total. The van der Waals surface area contributed by atoms with Gasteiger partial charge in [0.05, 0.1) is 16.3 Å². The summed E-state index contributed by atoms with van der Waals surface area (Å²) in [7, 11) is -3.14. The molecule has 1 aromatic carbocycles. The molecule has 1 aliphatic rings. The molecule has 0 aliphatic carbocycles. The summed E-state index contributed by atoms with van der Waals surface area (Å²) >= 11 is 0. The van der Waals surface area contributed by atoms with E-state index in [1.807, 2.05) is 0 Å². The minimum absolute atomic E-state index is 0.149. The van der Waals surface area contributed by atoms with Crippen molar-refractivity contribution in [3.8, 4) is 0 Å². The zero-order valence-corrected chi connectivity index (χ0v) is 8.04. The number of aryl methyl sites for hydroxylation is 1. The molecule has 4 nitrogen and oxygen atoms in total. The number of fused-ring (bicyclic) bond motifs is 1. The fraction of sp³-hybridized carbons (Fsp3) is 0.222. The first-order chi connectivity index (χ1) is 6.63. The van der Waals surface area contributed by atoms with Gasteiger partial charge in [0.1, 0.15) is 0 Å². The van der Waals surface area contributed by atoms with Gasteiger partial charge in [-0.15, -0.1) is 0 Å². The van der Waals surface area contributed by atoms with E-state index in [1.165, 1.54) is 12.1 Å². The smallest absolute Gasteiger partial charge is 0.224 e. The second-order valence-electron chi connectivity index (χ2n) is 3.06. The van der Waals surface area contributed by atoms with Gasteiger partial charge in [-0.25, -0.2) is 13.2 Å². The van der Waals surface area contributed by atoms with E-state index in [4.69, 9.17) is 0 Å². The van der Waals surface area contributed by atoms with Gasteiger partial charge in [-0.2, -0.15) is 4.99 Å². The van der Waals surface area contributed by atoms with Crippen LogP contribution in [0.15, 0.2) is 28.1 Å². The monoisotopic (exact) mass is 209 g/mol. The van der Waals surface area contributed by atoms with Crippen LogP contribution in [0.2, 0.25) is 0 Å². The molecule has 1 aromatic rings. The Balaban J connectivity index is 2.65. The van der Waals surface area contributed by atoms with Crippen LogP contribution in [0.25, 0.3) is 0 Å². The Morgan fingerprint density at radius 1 is 1.36 bits per heavy atom. The zero-order chi connectivity index (χ0) is 10.2. The summed E-state index contributed by atoms with van der Waals surface area (Å²) in [5.74, 6) is 0.149. The summed E-state index contributed by atoms with van der Waals surface area (Å²) in [5.41, 5.74) is 1.14. The Hall–Kier alpha value is -1.45. The summed E-state index contributed by atoms with van der Waals surface area (Å²) in [4.78, 5) is 13.7. The molecule has 14 heavy (non-hydrogen) atoms. The van der Waals surface area contributed by atoms with Gasteiger partial charge in [-0.05, 0) is 24.1 Å². The van der Waals surface area contributed by atoms with Gasteiger partial charge in [-0.3, -0.25) is 0 Å². The summed E-state index contributed by atoms with van der Waals surface area (Å²) in [6.45, 7) is 0. The third kappa shape index (κ3) is 1.36. The van der Waals surface area contributed by atoms with Gasteiger partial charge in [0.2, 0.25) is 6.08 Å². The topological polar surface area (TPSA) is 63.6 Å². The van der Waals surface area contributed by atoms with Crippen molar-refractivity contribution in [2.45, 2.75) is 11.3 Å². The molecule has 0 unspecified atom stereocenters. The molecule has 0 bridgehead atoms. The Labute approximate surface area is 81.2 Å². The van der Waals surface area contributed by atoms with E-state index in [1.54, 1.807) is 12.1 Å². The maximum absolute atomic E-state index is 11.5. The molecule has 0 aromatic heterocycles. The quantitative estimate of drug-likeness (QED) is 0.511. The molecule has 0 radical (unpaired) electrons. The van der Waals surface area contributed by atoms with Gasteiger partial charge in [0.25, 0.3) is 0 Å². The predicted molar refractivity (Wildman–Crippen MR) is 50.0 cm³/mol. The molecule has 1 heterocycles. The fourth-order valence-corrected chi connectivity index (χ4v) is 3.09. The normalized spacial score (nSPS) is 17.1. The lowest BCUT2D eigenvalue weighted by atomic mass is 10.2. The van der Waals surface area contributed by atoms with Crippen LogP contribution in [0.1, 0.15) is 5.56 Å². The molecule has 0 saturated heterocycles. The van der Waals surface area contributed by atoms with Gasteiger partial charge in [0.15, 0.2) is 9.84 Å². The number of rotatable bonds is 1. The van der Waals surface area contributed by atoms with Gasteiger partial charge in [-0.1, -0.05) is 6.07 Å². The first kappa shape index (κ1) is 9.12. The average molecular weight is 209 g/mol. The van der Waals surface area contributed by atoms with E-state index in [9.17, 15) is 13.2 Å². The van der Waals surface area contributed by atoms with Crippen molar-refractivity contribution in [1.82, 2.24) is 0 Å². The summed E-state index contributed by atoms with van der Waals surface area (Å²) in [6, 6.07) is 4.73. The Kier molecular flexibility index (Phi) is 1.98. The second-order valence-corrected chi connectivity index (χ2v) is 5.14. The van der Waals surface area contributed by atoms with E-state index in [0.717, 1.165) is 5.56 Å². The molecular formula is C9H7NO3S. The first-order valence-electron chi connectivity index (χ1n) is 4.07. The Morgan fingerprint density at radius 3 is 2.86 bits per heavy atom. The van der Waals surface area contributed by atoms with Crippen molar-refractivity contribution in [3.63, 3.8) is 0 Å². The van der Waals surface area contributed by atoms with E-state index < -0.39 is 9.84 Å². The van der Waals surface area contributed by atoms with Crippen LogP contribution < -0.4 is 0 Å². The largest absolute Gasteiger partial charge is 0.240 e. The fourth-order valence-electron chi connectivity index (χ4n) is 1.52. The number of benzene rings is 1. The highest BCUT2D eigenvalue weighted by molar-refractivity contribution is 7.91. The highest BCUT2D eigenvalue weighted by Crippen LogP contribution is 2.29. The molecule has 1 aliphatic heterocycles. The lowest BCUT2D eigenvalue weighted by molar-refractivity contribution is 0.565. The predicted octanol–water partition coefficient (Wildman–Crippen LogP) is 0.984. The molecule has 5 heteroatoms. The Morgan fingerprint density at radius 2 is 2.14 bits per heavy atom. The number of carbonyl (C=O) groups excluding carboxylic acids is 1. The van der Waals surface area contributed by atoms with Crippen LogP contribution >= 0.6 is 0 Å². The van der Waals surface area contributed by atoms with Crippen LogP contribution in [0, 0.1) is 0 Å². The molecule has 0 spiro atoms. The van der Waals surface area contributed by atoms with Crippen molar-refractivity contribution in [1.29, 1.82) is 0 Å². The van der Waals surface area contributed by atoms with Crippen LogP contribution in [0.5, 0.6) is 0 Å². The van der Waals surface area contributed by atoms with E-state index in [0.29, 0.717) is 17.0 Å². The van der Waals surface area contributed by atoms with Gasteiger partial charge in [0, 0.05) is 0 Å². The third-order valence-corrected chi connectivity index (χ3v) is 3.99. The molecule has 0 atom stereocenters. The Bertz CT molecular complexity index is 527. The summed E-state index contributed by atoms with van der Waals surface area (Å²) in [5, 5.41) is 0. The number of hydrogen-bond acceptors (Lipinski definition) is 4. The van der Waals surface area contributed by atoms with Gasteiger partial charge < -0.3 is 0 Å². The van der Waals surface area contributed by atoms with Crippen LogP contribution in [0.4, 0.5) is 5.69 Å². The van der Waals surface area contributed by atoms with Crippen molar-refractivity contribution >= 4 is 21.6 Å². The maximum Gasteiger partial charge on any atom is 0.240 e. The van der Waals surface area contributed by atoms with Crippen LogP contribution in [-0.4, -0.2) is 20.3 Å². The van der Waals surface area contributed by atoms with Gasteiger partial charge >= 0.3 is 0 Å². The average Bonchev–Trinajstić information content (AvgIpc) is 2.44. The molecule has 0 saturated carbocycles. The standard InChI is InChI=1S/C9H7NO3S/c11-6-10-8-2-1-7-3-4-14(12,13)9(7)5-8/h1-2,5H,3-4H2. The molecule has 0 fully saturated rings. The highest BCUT2D eigenvalue weighted by atomic mass is 32.2. The molecular weight excluding hydrogens is 202 g/mol. The third-order valence-electron chi connectivity index (χ3n) is 2.20. The minimum atomic E-state index is -3.14. The van der Waals surface area contributed by atoms with E-state index in [2.05, 4.69) is 4.99 Å². The molecule has 0 amide bonds. The number of hydrogen-bond donors (Lipinski definition) is 0. The van der Waals surface area contributed by atoms with E-state index >= 15 is 0 Å². The van der Waals surface area contributed by atoms with Crippen LogP contribution in [0.3, 0.4) is 0 Å². The van der Waals surface area contributed by atoms with Crippen molar-refractivity contribution in [2.75, 3.05) is 5.75 Å². The summed E-state index contributed by atoms with van der Waals surface area (Å²) < 4.78 is 22.9. The summed E-state index contributed by atoms with van der Waals surface area (Å²) in [6.07, 6.45) is 1.93. The first-order valence-corrected chi connectivity index (χ1v) is 5.72. The zero-order valence-electron chi connectivity index (χ0n) is 7.23. The number of isocyanates is 1. The maximum atomic E-state index is 11.5. The minimum Gasteiger partial charge on any atom is -0.224 e. The lowest BCUT2D eigenvalue weighted by Crippen LogP contribution is -1.98. The van der Waals surface area contributed by atoms with Crippen molar-refractivity contribution in [2.24, 2.45) is 4.99 Å². The molecule has 2 rings (SSSR count). The number of nitrogens with zero attached hydrogens (tertiary/aromatic N) is 1. The van der Waals surface area contributed by atoms with Crippen molar-refractivity contribution in [3.05, 3.63) is 23.8 Å². The highest BCUT2D eigenvalue weighted by Gasteiger charge is 2.25. The number of sulfone groups is 1. The van der Waals surface area contributed by atoms with Crippen molar-refractivity contribution < 1.29 is 13.2 Å².